The van der Waals surface area contributed by atoms with Gasteiger partial charge in [0.25, 0.3) is 0 Å². The molecule has 0 aliphatic carbocycles. The van der Waals surface area contributed by atoms with Crippen molar-refractivity contribution >= 4 is 15.9 Å². The molecule has 0 saturated carbocycles. The minimum Gasteiger partial charge on any atom is -0.490 e. The molecule has 0 fully saturated rings. The van der Waals surface area contributed by atoms with Crippen LogP contribution in [-0.4, -0.2) is 18.5 Å². The number of aryl methyl sites for hydroxylation is 1. The minimum absolute atomic E-state index is 0.0874. The molecule has 0 atom stereocenters. The molecule has 0 amide bonds. The lowest BCUT2D eigenvalue weighted by Gasteiger charge is -2.12. The van der Waals surface area contributed by atoms with Crippen LogP contribution in [0.15, 0.2) is 18.2 Å². The summed E-state index contributed by atoms with van der Waals surface area (Å²) in [7, 11) is 0. The molecule has 0 aliphatic rings. The Morgan fingerprint density at radius 3 is 2.65 bits per heavy atom. The van der Waals surface area contributed by atoms with E-state index in [1.807, 2.05) is 0 Å². The Kier molecular flexibility index (Phi) is 6.26. The van der Waals surface area contributed by atoms with Crippen LogP contribution in [0.25, 0.3) is 0 Å². The highest BCUT2D eigenvalue weighted by molar-refractivity contribution is 9.09. The third-order valence-corrected chi connectivity index (χ3v) is 2.68. The van der Waals surface area contributed by atoms with Crippen molar-refractivity contribution in [1.29, 1.82) is 0 Å². The van der Waals surface area contributed by atoms with E-state index in [4.69, 9.17) is 4.74 Å². The van der Waals surface area contributed by atoms with Crippen LogP contribution in [0.1, 0.15) is 18.9 Å². The number of rotatable bonds is 7. The second-order valence-corrected chi connectivity index (χ2v) is 4.18. The zero-order valence-electron chi connectivity index (χ0n) is 9.59. The first kappa shape index (κ1) is 14.2. The van der Waals surface area contributed by atoms with Crippen molar-refractivity contribution in [2.75, 3.05) is 11.9 Å². The highest BCUT2D eigenvalue weighted by Gasteiger charge is 2.11. The molecule has 1 aromatic rings. The molecular formula is C12H15BrF2O2. The fourth-order valence-corrected chi connectivity index (χ4v) is 1.72. The molecule has 0 radical (unpaired) electrons. The minimum atomic E-state index is -2.83. The van der Waals surface area contributed by atoms with Crippen LogP contribution in [-0.2, 0) is 6.42 Å². The molecule has 96 valence electrons. The second-order valence-electron chi connectivity index (χ2n) is 3.39. The zero-order chi connectivity index (χ0) is 12.7. The SMILES string of the molecule is CCOc1cc(CCCBr)ccc1OC(F)F. The number of alkyl halides is 3. The summed E-state index contributed by atoms with van der Waals surface area (Å²) in [6, 6.07) is 5.06. The Balaban J connectivity index is 2.83. The Morgan fingerprint density at radius 1 is 1.29 bits per heavy atom. The third kappa shape index (κ3) is 4.89. The van der Waals surface area contributed by atoms with Gasteiger partial charge in [-0.05, 0) is 37.5 Å². The van der Waals surface area contributed by atoms with Gasteiger partial charge < -0.3 is 9.47 Å². The highest BCUT2D eigenvalue weighted by Crippen LogP contribution is 2.30. The highest BCUT2D eigenvalue weighted by atomic mass is 79.9. The Labute approximate surface area is 108 Å². The second kappa shape index (κ2) is 7.48. The third-order valence-electron chi connectivity index (χ3n) is 2.12. The van der Waals surface area contributed by atoms with Gasteiger partial charge in [0.15, 0.2) is 11.5 Å². The summed E-state index contributed by atoms with van der Waals surface area (Å²) in [4.78, 5) is 0. The van der Waals surface area contributed by atoms with Crippen LogP contribution >= 0.6 is 15.9 Å². The van der Waals surface area contributed by atoms with Crippen LogP contribution in [0.5, 0.6) is 11.5 Å². The zero-order valence-corrected chi connectivity index (χ0v) is 11.2. The van der Waals surface area contributed by atoms with Crippen molar-refractivity contribution in [3.8, 4) is 11.5 Å². The molecule has 0 heterocycles. The van der Waals surface area contributed by atoms with Crippen molar-refractivity contribution in [2.24, 2.45) is 0 Å². The lowest BCUT2D eigenvalue weighted by Crippen LogP contribution is -2.05. The van der Waals surface area contributed by atoms with Crippen LogP contribution in [0.3, 0.4) is 0 Å². The van der Waals surface area contributed by atoms with Crippen molar-refractivity contribution < 1.29 is 18.3 Å². The maximum Gasteiger partial charge on any atom is 0.387 e. The molecule has 17 heavy (non-hydrogen) atoms. The Morgan fingerprint density at radius 2 is 2.06 bits per heavy atom. The fraction of sp³-hybridized carbons (Fsp3) is 0.500. The summed E-state index contributed by atoms with van der Waals surface area (Å²) in [5.41, 5.74) is 1.05. The fourth-order valence-electron chi connectivity index (χ4n) is 1.44. The first-order valence-electron chi connectivity index (χ1n) is 5.44. The molecule has 0 saturated heterocycles. The first-order valence-corrected chi connectivity index (χ1v) is 6.56. The Bertz CT molecular complexity index is 345. The standard InChI is InChI=1S/C12H15BrF2O2/c1-2-16-11-8-9(4-3-7-13)5-6-10(11)17-12(14)15/h5-6,8,12H,2-4,7H2,1H3. The van der Waals surface area contributed by atoms with Gasteiger partial charge in [0, 0.05) is 5.33 Å². The Hall–Kier alpha value is -0.840. The van der Waals surface area contributed by atoms with E-state index < -0.39 is 6.61 Å². The molecule has 0 aromatic heterocycles. The van der Waals surface area contributed by atoms with Gasteiger partial charge in [-0.1, -0.05) is 22.0 Å². The van der Waals surface area contributed by atoms with Crippen molar-refractivity contribution in [3.05, 3.63) is 23.8 Å². The van der Waals surface area contributed by atoms with Gasteiger partial charge in [0.05, 0.1) is 6.61 Å². The summed E-state index contributed by atoms with van der Waals surface area (Å²) in [6.07, 6.45) is 1.86. The molecule has 0 bridgehead atoms. The molecule has 2 nitrogen and oxygen atoms in total. The molecule has 1 aromatic carbocycles. The lowest BCUT2D eigenvalue weighted by atomic mass is 10.1. The summed E-state index contributed by atoms with van der Waals surface area (Å²) >= 11 is 3.35. The van der Waals surface area contributed by atoms with E-state index in [2.05, 4.69) is 20.7 Å². The molecule has 1 rings (SSSR count). The summed E-state index contributed by atoms with van der Waals surface area (Å²) < 4.78 is 34.0. The monoisotopic (exact) mass is 308 g/mol. The number of hydrogen-bond acceptors (Lipinski definition) is 2. The van der Waals surface area contributed by atoms with Gasteiger partial charge in [0.1, 0.15) is 0 Å². The van der Waals surface area contributed by atoms with E-state index in [0.29, 0.717) is 12.4 Å². The smallest absolute Gasteiger partial charge is 0.387 e. The average Bonchev–Trinajstić information content (AvgIpc) is 2.29. The normalized spacial score (nSPS) is 10.6. The number of ether oxygens (including phenoxy) is 2. The van der Waals surface area contributed by atoms with Crippen molar-refractivity contribution in [1.82, 2.24) is 0 Å². The quantitative estimate of drug-likeness (QED) is 0.708. The van der Waals surface area contributed by atoms with Gasteiger partial charge in [-0.25, -0.2) is 0 Å². The van der Waals surface area contributed by atoms with E-state index in [1.165, 1.54) is 6.07 Å². The van der Waals surface area contributed by atoms with Gasteiger partial charge in [-0.3, -0.25) is 0 Å². The maximum atomic E-state index is 12.2. The lowest BCUT2D eigenvalue weighted by molar-refractivity contribution is -0.0514. The average molecular weight is 309 g/mol. The molecule has 0 unspecified atom stereocenters. The first-order chi connectivity index (χ1) is 8.17. The van der Waals surface area contributed by atoms with E-state index in [0.717, 1.165) is 23.7 Å². The molecule has 0 spiro atoms. The summed E-state index contributed by atoms with van der Waals surface area (Å²) in [6.45, 7) is -0.610. The van der Waals surface area contributed by atoms with E-state index in [9.17, 15) is 8.78 Å². The number of benzene rings is 1. The van der Waals surface area contributed by atoms with E-state index in [-0.39, 0.29) is 5.75 Å². The largest absolute Gasteiger partial charge is 0.490 e. The van der Waals surface area contributed by atoms with Crippen LogP contribution < -0.4 is 9.47 Å². The van der Waals surface area contributed by atoms with Gasteiger partial charge in [-0.2, -0.15) is 8.78 Å². The van der Waals surface area contributed by atoms with Gasteiger partial charge in [-0.15, -0.1) is 0 Å². The molecule has 5 heteroatoms. The van der Waals surface area contributed by atoms with Gasteiger partial charge in [0.2, 0.25) is 0 Å². The van der Waals surface area contributed by atoms with E-state index >= 15 is 0 Å². The summed E-state index contributed by atoms with van der Waals surface area (Å²) in [5, 5.41) is 0.909. The topological polar surface area (TPSA) is 18.5 Å². The van der Waals surface area contributed by atoms with Crippen LogP contribution in [0.4, 0.5) is 8.78 Å². The van der Waals surface area contributed by atoms with Crippen LogP contribution in [0.2, 0.25) is 0 Å². The van der Waals surface area contributed by atoms with Gasteiger partial charge >= 0.3 is 6.61 Å². The summed E-state index contributed by atoms with van der Waals surface area (Å²) in [5.74, 6) is 0.462. The van der Waals surface area contributed by atoms with E-state index in [1.54, 1.807) is 19.1 Å². The molecule has 0 N–H and O–H groups in total. The predicted octanol–water partition coefficient (Wildman–Crippen LogP) is 4.01. The number of hydrogen-bond donors (Lipinski definition) is 0. The van der Waals surface area contributed by atoms with Crippen LogP contribution in [0, 0.1) is 0 Å². The van der Waals surface area contributed by atoms with Crippen molar-refractivity contribution in [3.63, 3.8) is 0 Å². The van der Waals surface area contributed by atoms with Crippen molar-refractivity contribution in [2.45, 2.75) is 26.4 Å². The maximum absolute atomic E-state index is 12.2. The number of halogens is 3. The molecular weight excluding hydrogens is 294 g/mol. The predicted molar refractivity (Wildman–Crippen MR) is 66.4 cm³/mol. The molecule has 0 aliphatic heterocycles.